The first-order valence-electron chi connectivity index (χ1n) is 7.18. The number of fused-ring (bicyclic) bond motifs is 1. The third-order valence-electron chi connectivity index (χ3n) is 4.42. The highest BCUT2D eigenvalue weighted by Crippen LogP contribution is 2.45. The molecule has 1 aliphatic rings. The SMILES string of the molecule is CCC=Cc1ccc2c(c1)C(C)(C)CCC2(C)C. The lowest BCUT2D eigenvalue weighted by Crippen LogP contribution is -2.33. The van der Waals surface area contributed by atoms with Crippen LogP contribution in [0.1, 0.15) is 70.6 Å². The van der Waals surface area contributed by atoms with Gasteiger partial charge in [-0.15, -0.1) is 0 Å². The zero-order chi connectivity index (χ0) is 13.4. The van der Waals surface area contributed by atoms with Crippen LogP contribution in [0, 0.1) is 0 Å². The monoisotopic (exact) mass is 242 g/mol. The second kappa shape index (κ2) is 4.57. The quantitative estimate of drug-likeness (QED) is 0.646. The molecule has 98 valence electrons. The zero-order valence-corrected chi connectivity index (χ0v) is 12.5. The van der Waals surface area contributed by atoms with Crippen molar-refractivity contribution in [1.29, 1.82) is 0 Å². The van der Waals surface area contributed by atoms with Gasteiger partial charge in [-0.2, -0.15) is 0 Å². The van der Waals surface area contributed by atoms with E-state index in [9.17, 15) is 0 Å². The van der Waals surface area contributed by atoms with E-state index >= 15 is 0 Å². The smallest absolute Gasteiger partial charge is 0.0100 e. The molecule has 0 saturated carbocycles. The molecule has 1 aromatic rings. The normalized spacial score (nSPS) is 20.9. The van der Waals surface area contributed by atoms with Gasteiger partial charge >= 0.3 is 0 Å². The van der Waals surface area contributed by atoms with Crippen molar-refractivity contribution in [3.63, 3.8) is 0 Å². The maximum Gasteiger partial charge on any atom is -0.0100 e. The first-order valence-corrected chi connectivity index (χ1v) is 7.18. The Balaban J connectivity index is 2.51. The summed E-state index contributed by atoms with van der Waals surface area (Å²) in [7, 11) is 0. The standard InChI is InChI=1S/C18H26/c1-6-7-8-14-9-10-15-16(13-14)18(4,5)12-11-17(15,2)3/h7-10,13H,6,11-12H2,1-5H3. The fourth-order valence-electron chi connectivity index (χ4n) is 2.96. The Hall–Kier alpha value is -1.04. The summed E-state index contributed by atoms with van der Waals surface area (Å²) in [5.74, 6) is 0. The van der Waals surface area contributed by atoms with Gasteiger partial charge in [0, 0.05) is 0 Å². The van der Waals surface area contributed by atoms with Crippen molar-refractivity contribution in [3.05, 3.63) is 41.0 Å². The Morgan fingerprint density at radius 2 is 1.61 bits per heavy atom. The molecule has 0 heterocycles. The largest absolute Gasteiger partial charge is 0.0842 e. The van der Waals surface area contributed by atoms with E-state index in [2.05, 4.69) is 65.0 Å². The second-order valence-corrected chi connectivity index (χ2v) is 6.88. The second-order valence-electron chi connectivity index (χ2n) is 6.88. The van der Waals surface area contributed by atoms with Crippen LogP contribution in [0.15, 0.2) is 24.3 Å². The van der Waals surface area contributed by atoms with Gasteiger partial charge in [-0.05, 0) is 46.8 Å². The summed E-state index contributed by atoms with van der Waals surface area (Å²) in [6.07, 6.45) is 8.16. The molecule has 0 saturated heterocycles. The summed E-state index contributed by atoms with van der Waals surface area (Å²) in [6, 6.07) is 7.03. The fraction of sp³-hybridized carbons (Fsp3) is 0.556. The van der Waals surface area contributed by atoms with Gasteiger partial charge in [-0.1, -0.05) is 65.0 Å². The maximum atomic E-state index is 2.41. The van der Waals surface area contributed by atoms with Gasteiger partial charge in [0.15, 0.2) is 0 Å². The van der Waals surface area contributed by atoms with Crippen LogP contribution in [-0.4, -0.2) is 0 Å². The van der Waals surface area contributed by atoms with Crippen LogP contribution < -0.4 is 0 Å². The van der Waals surface area contributed by atoms with Gasteiger partial charge in [0.25, 0.3) is 0 Å². The Morgan fingerprint density at radius 1 is 1.00 bits per heavy atom. The van der Waals surface area contributed by atoms with Gasteiger partial charge in [0.05, 0.1) is 0 Å². The summed E-state index contributed by atoms with van der Waals surface area (Å²) in [4.78, 5) is 0. The molecule has 0 aliphatic heterocycles. The lowest BCUT2D eigenvalue weighted by Gasteiger charge is -2.42. The van der Waals surface area contributed by atoms with Crippen molar-refractivity contribution in [1.82, 2.24) is 0 Å². The summed E-state index contributed by atoms with van der Waals surface area (Å²) in [5.41, 5.74) is 5.10. The lowest BCUT2D eigenvalue weighted by molar-refractivity contribution is 0.332. The van der Waals surface area contributed by atoms with Crippen molar-refractivity contribution >= 4 is 6.08 Å². The molecule has 0 atom stereocenters. The number of rotatable bonds is 2. The molecule has 0 nitrogen and oxygen atoms in total. The third-order valence-corrected chi connectivity index (χ3v) is 4.42. The van der Waals surface area contributed by atoms with Crippen LogP contribution in [0.5, 0.6) is 0 Å². The molecule has 1 aliphatic carbocycles. The lowest BCUT2D eigenvalue weighted by atomic mass is 9.63. The Morgan fingerprint density at radius 3 is 2.22 bits per heavy atom. The number of allylic oxidation sites excluding steroid dienone is 1. The molecule has 0 radical (unpaired) electrons. The van der Waals surface area contributed by atoms with E-state index in [1.54, 1.807) is 11.1 Å². The molecule has 18 heavy (non-hydrogen) atoms. The van der Waals surface area contributed by atoms with E-state index < -0.39 is 0 Å². The van der Waals surface area contributed by atoms with Gasteiger partial charge in [-0.25, -0.2) is 0 Å². The first kappa shape index (κ1) is 13.4. The number of hydrogen-bond donors (Lipinski definition) is 0. The van der Waals surface area contributed by atoms with Crippen LogP contribution in [-0.2, 0) is 10.8 Å². The predicted molar refractivity (Wildman–Crippen MR) is 81.1 cm³/mol. The van der Waals surface area contributed by atoms with Crippen LogP contribution in [0.4, 0.5) is 0 Å². The highest BCUT2D eigenvalue weighted by atomic mass is 14.4. The fourth-order valence-corrected chi connectivity index (χ4v) is 2.96. The first-order chi connectivity index (χ1) is 8.37. The van der Waals surface area contributed by atoms with Crippen molar-refractivity contribution < 1.29 is 0 Å². The average molecular weight is 242 g/mol. The molecule has 0 spiro atoms. The molecule has 0 N–H and O–H groups in total. The molecule has 0 heteroatoms. The van der Waals surface area contributed by atoms with E-state index in [0.29, 0.717) is 10.8 Å². The van der Waals surface area contributed by atoms with Gasteiger partial charge in [0.1, 0.15) is 0 Å². The molecular weight excluding hydrogens is 216 g/mol. The van der Waals surface area contributed by atoms with Gasteiger partial charge < -0.3 is 0 Å². The van der Waals surface area contributed by atoms with Gasteiger partial charge in [0.2, 0.25) is 0 Å². The minimum Gasteiger partial charge on any atom is -0.0842 e. The van der Waals surface area contributed by atoms with E-state index in [4.69, 9.17) is 0 Å². The molecule has 0 fully saturated rings. The van der Waals surface area contributed by atoms with Crippen molar-refractivity contribution in [3.8, 4) is 0 Å². The van der Waals surface area contributed by atoms with E-state index in [1.807, 2.05) is 0 Å². The highest BCUT2D eigenvalue weighted by molar-refractivity contribution is 5.55. The molecule has 0 amide bonds. The molecule has 0 unspecified atom stereocenters. The van der Waals surface area contributed by atoms with Crippen LogP contribution in [0.3, 0.4) is 0 Å². The van der Waals surface area contributed by atoms with Crippen LogP contribution in [0.25, 0.3) is 6.08 Å². The topological polar surface area (TPSA) is 0 Å². The average Bonchev–Trinajstić information content (AvgIpc) is 2.32. The van der Waals surface area contributed by atoms with Crippen molar-refractivity contribution in [2.45, 2.75) is 64.7 Å². The zero-order valence-electron chi connectivity index (χ0n) is 12.5. The predicted octanol–water partition coefficient (Wildman–Crippen LogP) is 5.46. The molecule has 2 rings (SSSR count). The highest BCUT2D eigenvalue weighted by Gasteiger charge is 2.36. The Kier molecular flexibility index (Phi) is 3.40. The summed E-state index contributed by atoms with van der Waals surface area (Å²) < 4.78 is 0. The summed E-state index contributed by atoms with van der Waals surface area (Å²) >= 11 is 0. The third kappa shape index (κ3) is 2.39. The number of benzene rings is 1. The minimum absolute atomic E-state index is 0.320. The molecule has 0 bridgehead atoms. The van der Waals surface area contributed by atoms with Crippen LogP contribution in [0.2, 0.25) is 0 Å². The van der Waals surface area contributed by atoms with Crippen LogP contribution >= 0.6 is 0 Å². The summed E-state index contributed by atoms with van der Waals surface area (Å²) in [6.45, 7) is 11.7. The molecular formula is C18H26. The Bertz CT molecular complexity index is 461. The van der Waals surface area contributed by atoms with Gasteiger partial charge in [-0.3, -0.25) is 0 Å². The summed E-state index contributed by atoms with van der Waals surface area (Å²) in [5, 5.41) is 0. The Labute approximate surface area is 112 Å². The maximum absolute atomic E-state index is 2.41. The minimum atomic E-state index is 0.320. The van der Waals surface area contributed by atoms with E-state index in [-0.39, 0.29) is 0 Å². The van der Waals surface area contributed by atoms with Crippen molar-refractivity contribution in [2.24, 2.45) is 0 Å². The number of hydrogen-bond acceptors (Lipinski definition) is 0. The molecule has 1 aromatic carbocycles. The van der Waals surface area contributed by atoms with E-state index in [1.165, 1.54) is 18.4 Å². The van der Waals surface area contributed by atoms with Crippen molar-refractivity contribution in [2.75, 3.05) is 0 Å². The van der Waals surface area contributed by atoms with E-state index in [0.717, 1.165) is 6.42 Å². The molecule has 0 aromatic heterocycles.